The molecule has 184 valence electrons. The normalized spacial score (nSPS) is 16.7. The summed E-state index contributed by atoms with van der Waals surface area (Å²) in [5.41, 5.74) is 5.09. The summed E-state index contributed by atoms with van der Waals surface area (Å²) in [5, 5.41) is 2.90. The van der Waals surface area contributed by atoms with Crippen LogP contribution < -0.4 is 14.8 Å². The summed E-state index contributed by atoms with van der Waals surface area (Å²) in [4.78, 5) is 19.3. The second kappa shape index (κ2) is 10.5. The van der Waals surface area contributed by atoms with Crippen LogP contribution in [0.3, 0.4) is 0 Å². The molecule has 1 N–H and O–H groups in total. The number of amides is 1. The number of fused-ring (bicyclic) bond motifs is 1. The first-order chi connectivity index (χ1) is 17.0. The number of hydrogen-bond donors (Lipinski definition) is 1. The fourth-order valence-electron chi connectivity index (χ4n) is 4.51. The van der Waals surface area contributed by atoms with E-state index in [1.165, 1.54) is 23.0 Å². The van der Waals surface area contributed by atoms with Crippen molar-refractivity contribution in [1.82, 2.24) is 15.2 Å². The van der Waals surface area contributed by atoms with Crippen molar-refractivity contribution in [1.29, 1.82) is 0 Å². The minimum atomic E-state index is -0.243. The van der Waals surface area contributed by atoms with Gasteiger partial charge in [0.1, 0.15) is 6.26 Å². The molecule has 2 aliphatic rings. The standard InChI is InChI=1S/C27H31N3O5/c1-18-5-7-21(19(2)10-18)14-30(13-20-6-8-24-25(11-20)35-17-34-24)15-26-29-23(16-33-26)27(31)28-12-22-4-3-9-32-22/h5-8,10-11,16,22H,3-4,9,12-15,17H2,1-2H3,(H,28,31)/t22-/m1/s1. The molecule has 8 nitrogen and oxygen atoms in total. The van der Waals surface area contributed by atoms with E-state index >= 15 is 0 Å². The van der Waals surface area contributed by atoms with E-state index in [1.807, 2.05) is 18.2 Å². The molecule has 0 bridgehead atoms. The molecule has 1 aromatic heterocycles. The van der Waals surface area contributed by atoms with Crippen LogP contribution in [0.15, 0.2) is 47.1 Å². The minimum absolute atomic E-state index is 0.0836. The Bertz CT molecular complexity index is 1190. The Kier molecular flexibility index (Phi) is 7.01. The number of nitrogens with zero attached hydrogens (tertiary/aromatic N) is 2. The van der Waals surface area contributed by atoms with Gasteiger partial charge in [-0.1, -0.05) is 29.8 Å². The maximum absolute atomic E-state index is 12.5. The molecule has 0 aliphatic carbocycles. The molecular formula is C27H31N3O5. The first-order valence-corrected chi connectivity index (χ1v) is 12.0. The lowest BCUT2D eigenvalue weighted by Gasteiger charge is -2.22. The van der Waals surface area contributed by atoms with E-state index < -0.39 is 0 Å². The average Bonchev–Trinajstić information content (AvgIpc) is 3.61. The van der Waals surface area contributed by atoms with Crippen LogP contribution in [0.4, 0.5) is 0 Å². The lowest BCUT2D eigenvalue weighted by molar-refractivity contribution is 0.0853. The number of carbonyl (C=O) groups is 1. The molecule has 0 radical (unpaired) electrons. The molecule has 0 spiro atoms. The number of oxazole rings is 1. The summed E-state index contributed by atoms with van der Waals surface area (Å²) < 4.78 is 22.3. The molecule has 8 heteroatoms. The molecule has 5 rings (SSSR count). The third-order valence-corrected chi connectivity index (χ3v) is 6.39. The molecule has 1 saturated heterocycles. The van der Waals surface area contributed by atoms with Crippen LogP contribution in [0.5, 0.6) is 11.5 Å². The van der Waals surface area contributed by atoms with E-state index in [4.69, 9.17) is 18.6 Å². The van der Waals surface area contributed by atoms with E-state index in [0.717, 1.165) is 36.5 Å². The number of benzene rings is 2. The maximum Gasteiger partial charge on any atom is 0.273 e. The summed E-state index contributed by atoms with van der Waals surface area (Å²) in [7, 11) is 0. The van der Waals surface area contributed by atoms with Crippen LogP contribution in [0.25, 0.3) is 0 Å². The highest BCUT2D eigenvalue weighted by Crippen LogP contribution is 2.33. The van der Waals surface area contributed by atoms with Crippen molar-refractivity contribution < 1.29 is 23.4 Å². The summed E-state index contributed by atoms with van der Waals surface area (Å²) in [5.74, 6) is 1.78. The van der Waals surface area contributed by atoms with Crippen LogP contribution in [0, 0.1) is 13.8 Å². The fourth-order valence-corrected chi connectivity index (χ4v) is 4.51. The van der Waals surface area contributed by atoms with Crippen LogP contribution in [-0.4, -0.2) is 41.8 Å². The van der Waals surface area contributed by atoms with Crippen molar-refractivity contribution in [3.8, 4) is 11.5 Å². The van der Waals surface area contributed by atoms with Crippen molar-refractivity contribution in [2.45, 2.75) is 52.4 Å². The number of hydrogen-bond acceptors (Lipinski definition) is 7. The number of carbonyl (C=O) groups excluding carboxylic acids is 1. The highest BCUT2D eigenvalue weighted by atomic mass is 16.7. The van der Waals surface area contributed by atoms with Gasteiger partial charge in [0.2, 0.25) is 12.7 Å². The highest BCUT2D eigenvalue weighted by Gasteiger charge is 2.20. The molecule has 0 saturated carbocycles. The molecule has 35 heavy (non-hydrogen) atoms. The monoisotopic (exact) mass is 477 g/mol. The van der Waals surface area contributed by atoms with Gasteiger partial charge in [-0.05, 0) is 55.5 Å². The van der Waals surface area contributed by atoms with Crippen LogP contribution in [0.2, 0.25) is 0 Å². The van der Waals surface area contributed by atoms with Gasteiger partial charge in [0, 0.05) is 26.2 Å². The van der Waals surface area contributed by atoms with Crippen molar-refractivity contribution >= 4 is 5.91 Å². The number of rotatable bonds is 9. The second-order valence-corrected chi connectivity index (χ2v) is 9.23. The van der Waals surface area contributed by atoms with Gasteiger partial charge in [-0.25, -0.2) is 4.98 Å². The Balaban J connectivity index is 1.29. The number of aromatic nitrogens is 1. The zero-order valence-electron chi connectivity index (χ0n) is 20.2. The van der Waals surface area contributed by atoms with Gasteiger partial charge in [-0.3, -0.25) is 9.69 Å². The zero-order valence-corrected chi connectivity index (χ0v) is 20.2. The smallest absolute Gasteiger partial charge is 0.273 e. The third kappa shape index (κ3) is 5.83. The maximum atomic E-state index is 12.5. The molecule has 3 heterocycles. The predicted molar refractivity (Wildman–Crippen MR) is 129 cm³/mol. The lowest BCUT2D eigenvalue weighted by atomic mass is 10.0. The fraction of sp³-hybridized carbons (Fsp3) is 0.407. The quantitative estimate of drug-likeness (QED) is 0.496. The number of nitrogens with one attached hydrogen (secondary N) is 1. The van der Waals surface area contributed by atoms with E-state index in [2.05, 4.69) is 47.2 Å². The van der Waals surface area contributed by atoms with E-state index in [1.54, 1.807) is 0 Å². The summed E-state index contributed by atoms with van der Waals surface area (Å²) in [6.45, 7) is 7.55. The van der Waals surface area contributed by atoms with Gasteiger partial charge in [-0.2, -0.15) is 0 Å². The molecule has 3 aromatic rings. The van der Waals surface area contributed by atoms with Crippen molar-refractivity contribution in [2.24, 2.45) is 0 Å². The van der Waals surface area contributed by atoms with Crippen molar-refractivity contribution in [2.75, 3.05) is 19.9 Å². The van der Waals surface area contributed by atoms with Crippen LogP contribution in [-0.2, 0) is 24.4 Å². The summed E-state index contributed by atoms with van der Waals surface area (Å²) >= 11 is 0. The van der Waals surface area contributed by atoms with Gasteiger partial charge in [-0.15, -0.1) is 0 Å². The van der Waals surface area contributed by atoms with Gasteiger partial charge in [0.05, 0.1) is 12.6 Å². The zero-order chi connectivity index (χ0) is 24.2. The van der Waals surface area contributed by atoms with Gasteiger partial charge < -0.3 is 23.9 Å². The molecule has 2 aromatic carbocycles. The van der Waals surface area contributed by atoms with E-state index in [0.29, 0.717) is 32.1 Å². The van der Waals surface area contributed by atoms with Crippen molar-refractivity contribution in [3.05, 3.63) is 76.5 Å². The molecule has 1 atom stereocenters. The first kappa shape index (κ1) is 23.4. The van der Waals surface area contributed by atoms with Crippen molar-refractivity contribution in [3.63, 3.8) is 0 Å². The van der Waals surface area contributed by atoms with E-state index in [-0.39, 0.29) is 24.5 Å². The number of ether oxygens (including phenoxy) is 3. The molecule has 1 fully saturated rings. The van der Waals surface area contributed by atoms with Crippen LogP contribution >= 0.6 is 0 Å². The summed E-state index contributed by atoms with van der Waals surface area (Å²) in [6.07, 6.45) is 3.52. The van der Waals surface area contributed by atoms with Gasteiger partial charge in [0.25, 0.3) is 5.91 Å². The average molecular weight is 478 g/mol. The minimum Gasteiger partial charge on any atom is -0.454 e. The second-order valence-electron chi connectivity index (χ2n) is 9.23. The highest BCUT2D eigenvalue weighted by molar-refractivity contribution is 5.91. The lowest BCUT2D eigenvalue weighted by Crippen LogP contribution is -2.32. The number of aryl methyl sites for hydroxylation is 2. The topological polar surface area (TPSA) is 86.1 Å². The third-order valence-electron chi connectivity index (χ3n) is 6.39. The SMILES string of the molecule is Cc1ccc(CN(Cc2ccc3c(c2)OCO3)Cc2nc(C(=O)NC[C@H]3CCCO3)co2)c(C)c1. The molecular weight excluding hydrogens is 446 g/mol. The van der Waals surface area contributed by atoms with Crippen LogP contribution in [0.1, 0.15) is 51.5 Å². The molecule has 1 amide bonds. The predicted octanol–water partition coefficient (Wildman–Crippen LogP) is 4.13. The first-order valence-electron chi connectivity index (χ1n) is 12.0. The Hall–Kier alpha value is -3.36. The molecule has 0 unspecified atom stereocenters. The summed E-state index contributed by atoms with van der Waals surface area (Å²) in [6, 6.07) is 12.5. The van der Waals surface area contributed by atoms with E-state index in [9.17, 15) is 4.79 Å². The van der Waals surface area contributed by atoms with Gasteiger partial charge >= 0.3 is 0 Å². The largest absolute Gasteiger partial charge is 0.454 e. The van der Waals surface area contributed by atoms with Gasteiger partial charge in [0.15, 0.2) is 17.2 Å². The Morgan fingerprint density at radius 1 is 1.09 bits per heavy atom. The Labute approximate surface area is 205 Å². The molecule has 2 aliphatic heterocycles. The Morgan fingerprint density at radius 3 is 2.80 bits per heavy atom. The Morgan fingerprint density at radius 2 is 1.97 bits per heavy atom.